The van der Waals surface area contributed by atoms with Crippen LogP contribution in [-0.2, 0) is 18.4 Å². The van der Waals surface area contributed by atoms with E-state index < -0.39 is 20.0 Å². The molecule has 8 nitrogen and oxygen atoms in total. The molecule has 0 radical (unpaired) electrons. The quantitative estimate of drug-likeness (QED) is 0.0272. The van der Waals surface area contributed by atoms with Crippen LogP contribution in [0.25, 0.3) is 0 Å². The van der Waals surface area contributed by atoms with Crippen LogP contribution in [-0.4, -0.2) is 68.5 Å². The summed E-state index contributed by atoms with van der Waals surface area (Å²) in [5.41, 5.74) is 0. The number of nitrogens with zero attached hydrogens (tertiary/aromatic N) is 1. The molecule has 0 bridgehead atoms. The molecule has 0 aromatic rings. The number of carbonyl (C=O) groups is 1. The SMILES string of the molecule is CC/C=C\C/C=C\C/C=C\C/C=C\C/C=C\C/C=C\C/C=C\CCCCCCCCCCCC(=O)NC(COP(=O)([O-])OCC[N+](C)(C)C)C(O)/C=C/CCCCCCCCCCCCCCCCCCCCCCCCCCCCC. The average molecular weight is 1170 g/mol. The van der Waals surface area contributed by atoms with Crippen LogP contribution in [0.2, 0.25) is 0 Å². The minimum Gasteiger partial charge on any atom is -0.756 e. The van der Waals surface area contributed by atoms with Crippen LogP contribution in [0, 0.1) is 0 Å². The minimum absolute atomic E-state index is 0.00610. The molecular weight excluding hydrogens is 1030 g/mol. The number of amides is 1. The molecule has 3 atom stereocenters. The predicted octanol–water partition coefficient (Wildman–Crippen LogP) is 21.5. The normalized spacial score (nSPS) is 14.3. The summed E-state index contributed by atoms with van der Waals surface area (Å²) in [6.45, 7) is 4.56. The van der Waals surface area contributed by atoms with E-state index in [4.69, 9.17) is 9.05 Å². The monoisotopic (exact) mass is 1160 g/mol. The van der Waals surface area contributed by atoms with E-state index in [2.05, 4.69) is 104 Å². The van der Waals surface area contributed by atoms with Crippen molar-refractivity contribution < 1.29 is 32.9 Å². The first-order valence-electron chi connectivity index (χ1n) is 34.6. The molecule has 0 saturated carbocycles. The average Bonchev–Trinajstić information content (AvgIpc) is 3.47. The highest BCUT2D eigenvalue weighted by atomic mass is 31.2. The highest BCUT2D eigenvalue weighted by molar-refractivity contribution is 7.45. The molecule has 476 valence electrons. The second-order valence-electron chi connectivity index (χ2n) is 24.5. The van der Waals surface area contributed by atoms with Crippen LogP contribution < -0.4 is 10.2 Å². The summed E-state index contributed by atoms with van der Waals surface area (Å²) in [5, 5.41) is 14.0. The lowest BCUT2D eigenvalue weighted by atomic mass is 10.0. The first-order valence-corrected chi connectivity index (χ1v) is 36.1. The predicted molar refractivity (Wildman–Crippen MR) is 357 cm³/mol. The van der Waals surface area contributed by atoms with Gasteiger partial charge in [-0.05, 0) is 77.0 Å². The second kappa shape index (κ2) is 62.9. The largest absolute Gasteiger partial charge is 0.756 e. The lowest BCUT2D eigenvalue weighted by molar-refractivity contribution is -0.870. The number of carbonyl (C=O) groups excluding carboxylic acids is 1. The number of rotatable bonds is 63. The van der Waals surface area contributed by atoms with E-state index in [-0.39, 0.29) is 19.1 Å². The van der Waals surface area contributed by atoms with Gasteiger partial charge in [-0.15, -0.1) is 0 Å². The topological polar surface area (TPSA) is 108 Å². The van der Waals surface area contributed by atoms with Gasteiger partial charge in [0, 0.05) is 6.42 Å². The van der Waals surface area contributed by atoms with Crippen molar-refractivity contribution in [3.05, 3.63) is 97.2 Å². The van der Waals surface area contributed by atoms with Crippen molar-refractivity contribution in [2.24, 2.45) is 0 Å². The molecule has 0 aromatic carbocycles. The zero-order chi connectivity index (χ0) is 59.8. The van der Waals surface area contributed by atoms with Crippen LogP contribution in [0.3, 0.4) is 0 Å². The summed E-state index contributed by atoms with van der Waals surface area (Å²) >= 11 is 0. The van der Waals surface area contributed by atoms with Gasteiger partial charge in [-0.2, -0.15) is 0 Å². The first-order chi connectivity index (χ1) is 40.0. The Morgan fingerprint density at radius 3 is 1.09 bits per heavy atom. The molecule has 0 fully saturated rings. The van der Waals surface area contributed by atoms with E-state index in [0.717, 1.165) is 89.9 Å². The molecule has 1 amide bonds. The minimum atomic E-state index is -4.61. The van der Waals surface area contributed by atoms with Crippen LogP contribution in [0.5, 0.6) is 0 Å². The molecule has 9 heteroatoms. The number of hydrogen-bond donors (Lipinski definition) is 2. The van der Waals surface area contributed by atoms with E-state index in [1.54, 1.807) is 6.08 Å². The van der Waals surface area contributed by atoms with E-state index >= 15 is 0 Å². The molecule has 3 unspecified atom stereocenters. The van der Waals surface area contributed by atoms with Crippen molar-refractivity contribution >= 4 is 13.7 Å². The fourth-order valence-electron chi connectivity index (χ4n) is 9.96. The summed E-state index contributed by atoms with van der Waals surface area (Å²) < 4.78 is 23.5. The summed E-state index contributed by atoms with van der Waals surface area (Å²) in [6, 6.07) is -0.898. The third-order valence-electron chi connectivity index (χ3n) is 15.3. The molecule has 0 aliphatic rings. The number of likely N-dealkylation sites (N-methyl/N-ethyl adjacent to an activating group) is 1. The molecule has 0 heterocycles. The molecule has 0 aliphatic heterocycles. The summed E-state index contributed by atoms with van der Waals surface area (Å²) in [5.74, 6) is -0.204. The molecular formula is C73H133N2O6P. The van der Waals surface area contributed by atoms with Crippen molar-refractivity contribution in [2.75, 3.05) is 40.9 Å². The maximum Gasteiger partial charge on any atom is 0.268 e. The van der Waals surface area contributed by atoms with Crippen molar-refractivity contribution in [1.82, 2.24) is 5.32 Å². The van der Waals surface area contributed by atoms with Gasteiger partial charge in [0.1, 0.15) is 13.2 Å². The Morgan fingerprint density at radius 1 is 0.439 bits per heavy atom. The van der Waals surface area contributed by atoms with Gasteiger partial charge in [-0.3, -0.25) is 9.36 Å². The van der Waals surface area contributed by atoms with Gasteiger partial charge >= 0.3 is 0 Å². The van der Waals surface area contributed by atoms with Crippen LogP contribution >= 0.6 is 7.82 Å². The van der Waals surface area contributed by atoms with E-state index in [1.165, 1.54) is 199 Å². The van der Waals surface area contributed by atoms with Crippen molar-refractivity contribution in [3.63, 3.8) is 0 Å². The van der Waals surface area contributed by atoms with Crippen molar-refractivity contribution in [1.29, 1.82) is 0 Å². The fourth-order valence-corrected chi connectivity index (χ4v) is 10.7. The maximum absolute atomic E-state index is 13.0. The Labute approximate surface area is 509 Å². The van der Waals surface area contributed by atoms with Crippen molar-refractivity contribution in [3.8, 4) is 0 Å². The van der Waals surface area contributed by atoms with Gasteiger partial charge in [-0.25, -0.2) is 0 Å². The van der Waals surface area contributed by atoms with Gasteiger partial charge in [0.15, 0.2) is 0 Å². The molecule has 82 heavy (non-hydrogen) atoms. The Hall–Kier alpha value is -2.58. The second-order valence-corrected chi connectivity index (χ2v) is 25.9. The Morgan fingerprint density at radius 2 is 0.744 bits per heavy atom. The number of aliphatic hydroxyl groups excluding tert-OH is 1. The summed E-state index contributed by atoms with van der Waals surface area (Å²) in [4.78, 5) is 25.6. The highest BCUT2D eigenvalue weighted by Gasteiger charge is 2.23. The third-order valence-corrected chi connectivity index (χ3v) is 16.3. The maximum atomic E-state index is 13.0. The Kier molecular flexibility index (Phi) is 61.0. The van der Waals surface area contributed by atoms with Gasteiger partial charge in [0.2, 0.25) is 5.91 Å². The number of quaternary nitrogens is 1. The Bertz CT molecular complexity index is 1660. The number of phosphoric ester groups is 1. The lowest BCUT2D eigenvalue weighted by Gasteiger charge is -2.29. The fraction of sp³-hybridized carbons (Fsp3) is 0.767. The van der Waals surface area contributed by atoms with Gasteiger partial charge < -0.3 is 28.8 Å². The van der Waals surface area contributed by atoms with E-state index in [9.17, 15) is 19.4 Å². The highest BCUT2D eigenvalue weighted by Crippen LogP contribution is 2.38. The van der Waals surface area contributed by atoms with Crippen LogP contribution in [0.1, 0.15) is 309 Å². The number of hydrogen-bond acceptors (Lipinski definition) is 6. The molecule has 0 aliphatic carbocycles. The summed E-state index contributed by atoms with van der Waals surface area (Å²) in [7, 11) is 1.25. The summed E-state index contributed by atoms with van der Waals surface area (Å²) in [6.07, 6.45) is 90.9. The van der Waals surface area contributed by atoms with Gasteiger partial charge in [-0.1, -0.05) is 323 Å². The van der Waals surface area contributed by atoms with Crippen LogP contribution in [0.15, 0.2) is 97.2 Å². The molecule has 2 N–H and O–H groups in total. The lowest BCUT2D eigenvalue weighted by Crippen LogP contribution is -2.45. The standard InChI is InChI=1S/C73H133N2O6P/c1-6-8-10-12-14-16-18-20-22-24-26-28-30-32-34-36-37-39-41-43-45-47-49-51-53-55-57-59-61-63-65-67-73(77)74-71(70-81-82(78,79)80-69-68-75(3,4)5)72(76)66-64-62-60-58-56-54-52-50-48-46-44-42-40-38-35-33-31-29-27-25-23-21-19-17-15-13-11-9-7-2/h8,10,14,16,20,22,26,28,32,34,37,39,43,45,64,66,71-72,76H,6-7,9,11-13,15,17-19,21,23-25,27,29-31,33,35-36,38,40-42,44,46-63,65,67-70H2,1-5H3,(H-,74,77,78,79)/b10-8-,16-14-,22-20-,28-26-,34-32-,39-37-,45-43-,66-64+. The zero-order valence-corrected chi connectivity index (χ0v) is 55.3. The van der Waals surface area contributed by atoms with E-state index in [0.29, 0.717) is 17.4 Å². The number of unbranched alkanes of at least 4 members (excludes halogenated alkanes) is 36. The zero-order valence-electron chi connectivity index (χ0n) is 54.4. The van der Waals surface area contributed by atoms with Crippen molar-refractivity contribution in [2.45, 2.75) is 321 Å². The van der Waals surface area contributed by atoms with Gasteiger partial charge in [0.25, 0.3) is 7.82 Å². The number of aliphatic hydroxyl groups is 1. The van der Waals surface area contributed by atoms with Crippen LogP contribution in [0.4, 0.5) is 0 Å². The molecule has 0 aromatic heterocycles. The number of allylic oxidation sites excluding steroid dienone is 15. The van der Waals surface area contributed by atoms with E-state index in [1.807, 2.05) is 27.2 Å². The Balaban J connectivity index is 4.14. The third kappa shape index (κ3) is 65.0. The smallest absolute Gasteiger partial charge is 0.268 e. The number of nitrogens with one attached hydrogen (secondary N) is 1. The number of phosphoric acid groups is 1. The first kappa shape index (κ1) is 79.4. The molecule has 0 saturated heterocycles. The van der Waals surface area contributed by atoms with Gasteiger partial charge in [0.05, 0.1) is 39.9 Å². The molecule has 0 spiro atoms. The molecule has 0 rings (SSSR count).